The van der Waals surface area contributed by atoms with Gasteiger partial charge < -0.3 is 10.2 Å². The van der Waals surface area contributed by atoms with E-state index in [1.165, 1.54) is 0 Å². The first-order valence-corrected chi connectivity index (χ1v) is 6.11. The fourth-order valence-corrected chi connectivity index (χ4v) is 1.62. The van der Waals surface area contributed by atoms with Crippen LogP contribution in [0, 0.1) is 12.7 Å². The van der Waals surface area contributed by atoms with Crippen molar-refractivity contribution in [2.75, 3.05) is 20.6 Å². The summed E-state index contributed by atoms with van der Waals surface area (Å²) in [5, 5.41) is 3.22. The molecule has 18 heavy (non-hydrogen) atoms. The Balaban J connectivity index is 2.48. The Morgan fingerprint density at radius 2 is 2.11 bits per heavy atom. The van der Waals surface area contributed by atoms with Gasteiger partial charge in [0.15, 0.2) is 0 Å². The van der Waals surface area contributed by atoms with Gasteiger partial charge in [0, 0.05) is 33.1 Å². The first kappa shape index (κ1) is 14.6. The molecule has 100 valence electrons. The van der Waals surface area contributed by atoms with Gasteiger partial charge in [-0.15, -0.1) is 0 Å². The van der Waals surface area contributed by atoms with Crippen LogP contribution in [0.15, 0.2) is 18.2 Å². The number of benzene rings is 1. The number of halogens is 1. The van der Waals surface area contributed by atoms with Crippen LogP contribution in [0.1, 0.15) is 30.5 Å². The zero-order valence-corrected chi connectivity index (χ0v) is 11.5. The van der Waals surface area contributed by atoms with Crippen molar-refractivity contribution >= 4 is 5.91 Å². The van der Waals surface area contributed by atoms with Gasteiger partial charge in [-0.3, -0.25) is 4.79 Å². The van der Waals surface area contributed by atoms with E-state index in [4.69, 9.17) is 0 Å². The van der Waals surface area contributed by atoms with Gasteiger partial charge in [-0.25, -0.2) is 4.39 Å². The maximum absolute atomic E-state index is 13.4. The molecular weight excluding hydrogens is 231 g/mol. The average molecular weight is 252 g/mol. The number of rotatable bonds is 5. The normalized spacial score (nSPS) is 12.3. The maximum atomic E-state index is 13.4. The minimum atomic E-state index is -0.189. The van der Waals surface area contributed by atoms with Crippen LogP contribution in [-0.4, -0.2) is 31.4 Å². The van der Waals surface area contributed by atoms with Gasteiger partial charge in [-0.2, -0.15) is 0 Å². The Morgan fingerprint density at radius 3 is 2.67 bits per heavy atom. The monoisotopic (exact) mass is 252 g/mol. The molecule has 0 saturated heterocycles. The lowest BCUT2D eigenvalue weighted by molar-refractivity contribution is -0.128. The highest BCUT2D eigenvalue weighted by Crippen LogP contribution is 2.16. The van der Waals surface area contributed by atoms with Crippen LogP contribution in [0.3, 0.4) is 0 Å². The Morgan fingerprint density at radius 1 is 1.44 bits per heavy atom. The smallest absolute Gasteiger partial charge is 0.223 e. The quantitative estimate of drug-likeness (QED) is 0.872. The predicted octanol–water partition coefficient (Wildman–Crippen LogP) is 2.26. The molecule has 4 heteroatoms. The summed E-state index contributed by atoms with van der Waals surface area (Å²) in [6.07, 6.45) is 0.450. The zero-order chi connectivity index (χ0) is 13.7. The van der Waals surface area contributed by atoms with E-state index in [0.717, 1.165) is 5.56 Å². The maximum Gasteiger partial charge on any atom is 0.223 e. The third kappa shape index (κ3) is 4.11. The number of nitrogens with zero attached hydrogens (tertiary/aromatic N) is 1. The molecule has 0 saturated carbocycles. The molecule has 1 unspecified atom stereocenters. The molecule has 1 rings (SSSR count). The summed E-state index contributed by atoms with van der Waals surface area (Å²) in [5.74, 6) is -0.102. The molecular formula is C14H21FN2O. The molecule has 1 atom stereocenters. The summed E-state index contributed by atoms with van der Waals surface area (Å²) in [6, 6.07) is 5.26. The summed E-state index contributed by atoms with van der Waals surface area (Å²) >= 11 is 0. The number of hydrogen-bond acceptors (Lipinski definition) is 2. The zero-order valence-electron chi connectivity index (χ0n) is 11.5. The van der Waals surface area contributed by atoms with Crippen molar-refractivity contribution in [1.29, 1.82) is 0 Å². The van der Waals surface area contributed by atoms with E-state index in [9.17, 15) is 9.18 Å². The van der Waals surface area contributed by atoms with E-state index in [0.29, 0.717) is 18.5 Å². The molecule has 0 aromatic heterocycles. The Kier molecular flexibility index (Phi) is 5.28. The van der Waals surface area contributed by atoms with Gasteiger partial charge in [0.2, 0.25) is 5.91 Å². The Hall–Kier alpha value is -1.42. The van der Waals surface area contributed by atoms with E-state index < -0.39 is 0 Å². The third-order valence-electron chi connectivity index (χ3n) is 2.98. The number of hydrogen-bond donors (Lipinski definition) is 1. The number of amides is 1. The largest absolute Gasteiger partial charge is 0.349 e. The lowest BCUT2D eigenvalue weighted by Crippen LogP contribution is -2.28. The highest BCUT2D eigenvalue weighted by atomic mass is 19.1. The van der Waals surface area contributed by atoms with Gasteiger partial charge in [-0.05, 0) is 31.0 Å². The standard InChI is InChI=1S/C14H21FN2O/c1-10-5-6-12(9-13(10)15)11(2)16-8-7-14(18)17(3)4/h5-6,9,11,16H,7-8H2,1-4H3. The van der Waals surface area contributed by atoms with Crippen molar-refractivity contribution in [2.24, 2.45) is 0 Å². The van der Waals surface area contributed by atoms with Crippen LogP contribution >= 0.6 is 0 Å². The van der Waals surface area contributed by atoms with Crippen LogP contribution < -0.4 is 5.32 Å². The topological polar surface area (TPSA) is 32.3 Å². The van der Waals surface area contributed by atoms with Crippen LogP contribution in [0.5, 0.6) is 0 Å². The SMILES string of the molecule is Cc1ccc(C(C)NCCC(=O)N(C)C)cc1F. The molecule has 1 aromatic rings. The first-order valence-electron chi connectivity index (χ1n) is 6.11. The van der Waals surface area contributed by atoms with Crippen LogP contribution in [-0.2, 0) is 4.79 Å². The van der Waals surface area contributed by atoms with Crippen LogP contribution in [0.2, 0.25) is 0 Å². The fourth-order valence-electron chi connectivity index (χ4n) is 1.62. The van der Waals surface area contributed by atoms with E-state index in [1.807, 2.05) is 13.0 Å². The number of nitrogens with one attached hydrogen (secondary N) is 1. The van der Waals surface area contributed by atoms with Gasteiger partial charge >= 0.3 is 0 Å². The average Bonchev–Trinajstić information content (AvgIpc) is 2.32. The molecule has 3 nitrogen and oxygen atoms in total. The summed E-state index contributed by atoms with van der Waals surface area (Å²) < 4.78 is 13.4. The summed E-state index contributed by atoms with van der Waals surface area (Å²) in [5.41, 5.74) is 1.55. The van der Waals surface area contributed by atoms with Crippen molar-refractivity contribution in [2.45, 2.75) is 26.3 Å². The van der Waals surface area contributed by atoms with Crippen LogP contribution in [0.4, 0.5) is 4.39 Å². The van der Waals surface area contributed by atoms with E-state index in [-0.39, 0.29) is 17.8 Å². The molecule has 0 fully saturated rings. The molecule has 0 bridgehead atoms. The van der Waals surface area contributed by atoms with E-state index >= 15 is 0 Å². The number of carbonyl (C=O) groups excluding carboxylic acids is 1. The molecule has 0 aliphatic carbocycles. The van der Waals surface area contributed by atoms with Gasteiger partial charge in [0.05, 0.1) is 0 Å². The molecule has 0 aliphatic rings. The second kappa shape index (κ2) is 6.50. The van der Waals surface area contributed by atoms with Crippen LogP contribution in [0.25, 0.3) is 0 Å². The fraction of sp³-hybridized carbons (Fsp3) is 0.500. The molecule has 0 heterocycles. The minimum Gasteiger partial charge on any atom is -0.349 e. The van der Waals surface area contributed by atoms with Crippen molar-refractivity contribution in [3.63, 3.8) is 0 Å². The molecule has 1 amide bonds. The lowest BCUT2D eigenvalue weighted by Gasteiger charge is -2.16. The summed E-state index contributed by atoms with van der Waals surface area (Å²) in [4.78, 5) is 13.0. The summed E-state index contributed by atoms with van der Waals surface area (Å²) in [7, 11) is 3.47. The minimum absolute atomic E-state index is 0.0371. The predicted molar refractivity (Wildman–Crippen MR) is 70.9 cm³/mol. The van der Waals surface area contributed by atoms with Crippen molar-refractivity contribution in [1.82, 2.24) is 10.2 Å². The Bertz CT molecular complexity index is 418. The van der Waals surface area contributed by atoms with Crippen molar-refractivity contribution in [3.8, 4) is 0 Å². The highest BCUT2D eigenvalue weighted by Gasteiger charge is 2.09. The van der Waals surface area contributed by atoms with Crippen molar-refractivity contribution in [3.05, 3.63) is 35.1 Å². The highest BCUT2D eigenvalue weighted by molar-refractivity contribution is 5.75. The second-order valence-electron chi connectivity index (χ2n) is 4.72. The van der Waals surface area contributed by atoms with Gasteiger partial charge in [-0.1, -0.05) is 12.1 Å². The second-order valence-corrected chi connectivity index (χ2v) is 4.72. The molecule has 0 spiro atoms. The molecule has 0 aliphatic heterocycles. The molecule has 0 radical (unpaired) electrons. The first-order chi connectivity index (χ1) is 8.41. The lowest BCUT2D eigenvalue weighted by atomic mass is 10.1. The number of aryl methyl sites for hydroxylation is 1. The summed E-state index contributed by atoms with van der Waals surface area (Å²) in [6.45, 7) is 4.30. The van der Waals surface area contributed by atoms with Crippen molar-refractivity contribution < 1.29 is 9.18 Å². The van der Waals surface area contributed by atoms with Gasteiger partial charge in [0.25, 0.3) is 0 Å². The van der Waals surface area contributed by atoms with E-state index in [1.54, 1.807) is 38.1 Å². The Labute approximate surface area is 108 Å². The molecule has 1 aromatic carbocycles. The van der Waals surface area contributed by atoms with E-state index in [2.05, 4.69) is 5.32 Å². The third-order valence-corrected chi connectivity index (χ3v) is 2.98. The molecule has 1 N–H and O–H groups in total. The van der Waals surface area contributed by atoms with Gasteiger partial charge in [0.1, 0.15) is 5.82 Å². The number of carbonyl (C=O) groups is 1.